The predicted octanol–water partition coefficient (Wildman–Crippen LogP) is 4.57. The third-order valence-electron chi connectivity index (χ3n) is 6.42. The fourth-order valence-corrected chi connectivity index (χ4v) is 8.43. The fourth-order valence-electron chi connectivity index (χ4n) is 5.55. The van der Waals surface area contributed by atoms with E-state index in [1.807, 2.05) is 11.8 Å². The van der Waals surface area contributed by atoms with E-state index in [0.29, 0.717) is 17.1 Å². The highest BCUT2D eigenvalue weighted by Crippen LogP contribution is 2.64. The molecule has 122 valence electrons. The first-order valence-electron chi connectivity index (χ1n) is 8.75. The smallest absolute Gasteiger partial charge is 0.305 e. The van der Waals surface area contributed by atoms with Crippen molar-refractivity contribution in [1.82, 2.24) is 9.97 Å². The number of hydrogen-bond acceptors (Lipinski definition) is 3. The summed E-state index contributed by atoms with van der Waals surface area (Å²) in [6.07, 6.45) is 6.34. The molecule has 2 aliphatic carbocycles. The lowest BCUT2D eigenvalue weighted by Crippen LogP contribution is -2.33. The van der Waals surface area contributed by atoms with Crippen LogP contribution < -0.4 is 4.87 Å². The summed E-state index contributed by atoms with van der Waals surface area (Å²) >= 11 is 3.40. The van der Waals surface area contributed by atoms with Gasteiger partial charge in [0.2, 0.25) is 0 Å². The van der Waals surface area contributed by atoms with Gasteiger partial charge in [0.25, 0.3) is 0 Å². The molecule has 3 aromatic rings. The monoisotopic (exact) mass is 354 g/mol. The van der Waals surface area contributed by atoms with Crippen LogP contribution in [0.4, 0.5) is 0 Å². The Morgan fingerprint density at radius 2 is 2.00 bits per heavy atom. The SMILES string of the molecule is O=c1[nH]c2c(s1)[C@@H](c1c[nH]c3ccccc13)[C@H]1[C@@H]3CC[C@H](C3)[C@@H]1S2. The Bertz CT molecular complexity index is 1000. The topological polar surface area (TPSA) is 48.6 Å². The minimum atomic E-state index is 0.102. The highest BCUT2D eigenvalue weighted by molar-refractivity contribution is 8.00. The molecule has 2 bridgehead atoms. The second-order valence-electron chi connectivity index (χ2n) is 7.47. The van der Waals surface area contributed by atoms with Crippen LogP contribution in [0.1, 0.15) is 35.6 Å². The second kappa shape index (κ2) is 4.79. The van der Waals surface area contributed by atoms with Gasteiger partial charge >= 0.3 is 4.87 Å². The Morgan fingerprint density at radius 1 is 1.12 bits per heavy atom. The number of aromatic nitrogens is 2. The summed E-state index contributed by atoms with van der Waals surface area (Å²) in [5, 5.41) is 3.15. The Morgan fingerprint density at radius 3 is 2.96 bits per heavy atom. The lowest BCUT2D eigenvalue weighted by molar-refractivity contribution is 0.308. The van der Waals surface area contributed by atoms with Crippen molar-refractivity contribution in [3.05, 3.63) is 50.6 Å². The van der Waals surface area contributed by atoms with Crippen LogP contribution >= 0.6 is 23.1 Å². The molecule has 3 nitrogen and oxygen atoms in total. The van der Waals surface area contributed by atoms with Crippen LogP contribution in [0.25, 0.3) is 10.9 Å². The van der Waals surface area contributed by atoms with Gasteiger partial charge in [-0.2, -0.15) is 0 Å². The summed E-state index contributed by atoms with van der Waals surface area (Å²) in [7, 11) is 0. The third kappa shape index (κ3) is 1.72. The van der Waals surface area contributed by atoms with Crippen LogP contribution in [0.3, 0.4) is 0 Å². The first-order chi connectivity index (χ1) is 11.8. The first-order valence-corrected chi connectivity index (χ1v) is 10.4. The quantitative estimate of drug-likeness (QED) is 0.672. The normalized spacial score (nSPS) is 33.8. The van der Waals surface area contributed by atoms with Gasteiger partial charge in [-0.1, -0.05) is 29.5 Å². The number of rotatable bonds is 1. The summed E-state index contributed by atoms with van der Waals surface area (Å²) in [6, 6.07) is 8.57. The Labute approximate surface area is 147 Å². The Balaban J connectivity index is 1.61. The van der Waals surface area contributed by atoms with Gasteiger partial charge in [0.15, 0.2) is 0 Å². The number of fused-ring (bicyclic) bond motifs is 7. The van der Waals surface area contributed by atoms with E-state index in [-0.39, 0.29) is 4.87 Å². The van der Waals surface area contributed by atoms with E-state index in [1.54, 1.807) is 0 Å². The molecule has 3 heterocycles. The molecule has 2 fully saturated rings. The summed E-state index contributed by atoms with van der Waals surface area (Å²) < 4.78 is 0. The van der Waals surface area contributed by atoms with Crippen LogP contribution in [-0.4, -0.2) is 15.2 Å². The number of para-hydroxylation sites is 1. The molecular weight excluding hydrogens is 336 g/mol. The van der Waals surface area contributed by atoms with Crippen LogP contribution in [-0.2, 0) is 0 Å². The zero-order valence-corrected chi connectivity index (χ0v) is 14.8. The maximum atomic E-state index is 12.1. The number of thiazole rings is 1. The fraction of sp³-hybridized carbons (Fsp3) is 0.421. The molecule has 2 saturated carbocycles. The number of nitrogens with one attached hydrogen (secondary N) is 2. The molecule has 2 N–H and O–H groups in total. The summed E-state index contributed by atoms with van der Waals surface area (Å²) in [4.78, 5) is 20.0. The van der Waals surface area contributed by atoms with E-state index in [4.69, 9.17) is 0 Å². The van der Waals surface area contributed by atoms with E-state index in [0.717, 1.165) is 16.9 Å². The van der Waals surface area contributed by atoms with Gasteiger partial charge in [0.05, 0.1) is 5.03 Å². The van der Waals surface area contributed by atoms with Gasteiger partial charge in [-0.3, -0.25) is 4.79 Å². The molecule has 0 amide bonds. The molecule has 0 unspecified atom stereocenters. The molecule has 0 spiro atoms. The molecule has 24 heavy (non-hydrogen) atoms. The van der Waals surface area contributed by atoms with E-state index >= 15 is 0 Å². The number of thioether (sulfide) groups is 1. The molecule has 2 aromatic heterocycles. The van der Waals surface area contributed by atoms with Crippen molar-refractivity contribution in [3.63, 3.8) is 0 Å². The number of H-pyrrole nitrogens is 2. The maximum Gasteiger partial charge on any atom is 0.305 e. The minimum Gasteiger partial charge on any atom is -0.361 e. The Kier molecular flexibility index (Phi) is 2.75. The average molecular weight is 355 g/mol. The van der Waals surface area contributed by atoms with Crippen molar-refractivity contribution in [2.45, 2.75) is 35.5 Å². The first kappa shape index (κ1) is 13.8. The van der Waals surface area contributed by atoms with Crippen LogP contribution in [0.5, 0.6) is 0 Å². The van der Waals surface area contributed by atoms with E-state index in [1.165, 1.54) is 51.9 Å². The van der Waals surface area contributed by atoms with Crippen molar-refractivity contribution < 1.29 is 0 Å². The van der Waals surface area contributed by atoms with E-state index < -0.39 is 0 Å². The lowest BCUT2D eigenvalue weighted by Gasteiger charge is -2.39. The van der Waals surface area contributed by atoms with Gasteiger partial charge in [0.1, 0.15) is 0 Å². The van der Waals surface area contributed by atoms with Crippen molar-refractivity contribution in [2.75, 3.05) is 0 Å². The molecule has 1 aliphatic heterocycles. The van der Waals surface area contributed by atoms with Crippen molar-refractivity contribution in [2.24, 2.45) is 17.8 Å². The average Bonchev–Trinajstić information content (AvgIpc) is 3.34. The lowest BCUT2D eigenvalue weighted by atomic mass is 9.75. The number of aromatic amines is 2. The van der Waals surface area contributed by atoms with Crippen LogP contribution in [0.15, 0.2) is 40.3 Å². The van der Waals surface area contributed by atoms with E-state index in [9.17, 15) is 4.79 Å². The van der Waals surface area contributed by atoms with Crippen LogP contribution in [0.2, 0.25) is 0 Å². The standard InChI is InChI=1S/C19H18N2OS2/c22-19-21-18-17(24-19)15(12-8-20-13-4-2-1-3-11(12)13)14-9-5-6-10(7-9)16(14)23-18/h1-4,8-10,14-16,20H,5-7H2,(H,21,22)/t9-,10-,14-,15+,16+/m1/s1. The molecule has 1 aromatic carbocycles. The zero-order valence-electron chi connectivity index (χ0n) is 13.1. The second-order valence-corrected chi connectivity index (χ2v) is 9.67. The van der Waals surface area contributed by atoms with Gasteiger partial charge in [0, 0.05) is 33.1 Å². The van der Waals surface area contributed by atoms with Crippen molar-refractivity contribution in [1.29, 1.82) is 0 Å². The minimum absolute atomic E-state index is 0.102. The van der Waals surface area contributed by atoms with Gasteiger partial charge in [-0.05, 0) is 48.6 Å². The van der Waals surface area contributed by atoms with Gasteiger partial charge < -0.3 is 9.97 Å². The van der Waals surface area contributed by atoms with Crippen molar-refractivity contribution >= 4 is 34.0 Å². The number of benzene rings is 1. The number of hydrogen-bond donors (Lipinski definition) is 2. The molecule has 5 heteroatoms. The van der Waals surface area contributed by atoms with Gasteiger partial charge in [-0.25, -0.2) is 0 Å². The molecule has 3 aliphatic rings. The Hall–Kier alpha value is -1.46. The summed E-state index contributed by atoms with van der Waals surface area (Å²) in [6.45, 7) is 0. The largest absolute Gasteiger partial charge is 0.361 e. The maximum absolute atomic E-state index is 12.1. The van der Waals surface area contributed by atoms with Crippen LogP contribution in [0, 0.1) is 17.8 Å². The molecule has 5 atom stereocenters. The third-order valence-corrected chi connectivity index (χ3v) is 9.05. The molecule has 0 radical (unpaired) electrons. The summed E-state index contributed by atoms with van der Waals surface area (Å²) in [5.74, 6) is 2.74. The predicted molar refractivity (Wildman–Crippen MR) is 99.0 cm³/mol. The molecule has 0 saturated heterocycles. The zero-order chi connectivity index (χ0) is 15.8. The molecule has 6 rings (SSSR count). The highest BCUT2D eigenvalue weighted by atomic mass is 32.2. The van der Waals surface area contributed by atoms with E-state index in [2.05, 4.69) is 40.4 Å². The van der Waals surface area contributed by atoms with Crippen molar-refractivity contribution in [3.8, 4) is 0 Å². The highest BCUT2D eigenvalue weighted by Gasteiger charge is 2.55. The van der Waals surface area contributed by atoms with Gasteiger partial charge in [-0.15, -0.1) is 11.8 Å². The molecular formula is C19H18N2OS2. The summed E-state index contributed by atoms with van der Waals surface area (Å²) in [5.41, 5.74) is 2.60.